The summed E-state index contributed by atoms with van der Waals surface area (Å²) in [6.07, 6.45) is 0.1000. The van der Waals surface area contributed by atoms with Crippen molar-refractivity contribution in [1.82, 2.24) is 0 Å². The van der Waals surface area contributed by atoms with Crippen LogP contribution in [0.2, 0.25) is 0 Å². The molecule has 0 aliphatic carbocycles. The first kappa shape index (κ1) is 17.2. The Morgan fingerprint density at radius 3 is 2.48 bits per heavy atom. The molecule has 23 heavy (non-hydrogen) atoms. The molecule has 2 rings (SSSR count). The number of nitrogens with one attached hydrogen (secondary N) is 1. The van der Waals surface area contributed by atoms with Crippen molar-refractivity contribution in [1.29, 1.82) is 0 Å². The fourth-order valence-electron chi connectivity index (χ4n) is 1.84. The Labute approximate surface area is 134 Å². The molecule has 2 aromatic rings. The van der Waals surface area contributed by atoms with Crippen LogP contribution in [0.25, 0.3) is 0 Å². The van der Waals surface area contributed by atoms with Crippen LogP contribution in [0.4, 0.5) is 10.1 Å². The monoisotopic (exact) mass is 339 g/mol. The maximum atomic E-state index is 12.2. The van der Waals surface area contributed by atoms with Gasteiger partial charge in [-0.05, 0) is 42.5 Å². The van der Waals surface area contributed by atoms with Gasteiger partial charge in [0.25, 0.3) is 0 Å². The summed E-state index contributed by atoms with van der Waals surface area (Å²) in [5.41, 5.74) is 0.717. The van der Waals surface area contributed by atoms with Gasteiger partial charge in [-0.15, -0.1) is 0 Å². The summed E-state index contributed by atoms with van der Waals surface area (Å²) >= 11 is 0. The van der Waals surface area contributed by atoms with E-state index < -0.39 is 22.6 Å². The summed E-state index contributed by atoms with van der Waals surface area (Å²) in [6.45, 7) is -0.683. The van der Waals surface area contributed by atoms with Crippen molar-refractivity contribution in [3.05, 3.63) is 48.5 Å². The second-order valence-electron chi connectivity index (χ2n) is 5.06. The zero-order chi connectivity index (χ0) is 16.9. The van der Waals surface area contributed by atoms with Gasteiger partial charge in [0, 0.05) is 18.5 Å². The van der Waals surface area contributed by atoms with Crippen LogP contribution in [0.1, 0.15) is 0 Å². The summed E-state index contributed by atoms with van der Waals surface area (Å²) in [7, 11) is -3.29. The second-order valence-corrected chi connectivity index (χ2v) is 7.08. The first-order valence-corrected chi connectivity index (χ1v) is 8.83. The number of aliphatic hydroxyl groups excluding tert-OH is 1. The molecule has 0 heterocycles. The Kier molecular flexibility index (Phi) is 5.57. The number of benzene rings is 2. The SMILES string of the molecule is CS(=O)(=O)c1cccc(Oc2ccc(NC[C@H](O)CF)cc2)c1. The van der Waals surface area contributed by atoms with Gasteiger partial charge in [0.2, 0.25) is 0 Å². The minimum absolute atomic E-state index is 0.118. The summed E-state index contributed by atoms with van der Waals surface area (Å²) in [4.78, 5) is 0.188. The number of ether oxygens (including phenoxy) is 1. The fourth-order valence-corrected chi connectivity index (χ4v) is 2.49. The van der Waals surface area contributed by atoms with Crippen LogP contribution in [0, 0.1) is 0 Å². The van der Waals surface area contributed by atoms with Gasteiger partial charge in [-0.2, -0.15) is 0 Å². The highest BCUT2D eigenvalue weighted by Crippen LogP contribution is 2.25. The van der Waals surface area contributed by atoms with E-state index in [1.54, 1.807) is 36.4 Å². The van der Waals surface area contributed by atoms with Gasteiger partial charge in [0.1, 0.15) is 18.2 Å². The molecule has 1 atom stereocenters. The highest BCUT2D eigenvalue weighted by molar-refractivity contribution is 7.90. The number of anilines is 1. The second kappa shape index (κ2) is 7.43. The molecule has 0 aliphatic heterocycles. The Hall–Kier alpha value is -2.12. The average molecular weight is 339 g/mol. The number of hydrogen-bond acceptors (Lipinski definition) is 5. The Morgan fingerprint density at radius 1 is 1.17 bits per heavy atom. The van der Waals surface area contributed by atoms with E-state index in [0.717, 1.165) is 11.9 Å². The molecule has 0 amide bonds. The fraction of sp³-hybridized carbons (Fsp3) is 0.250. The Bertz CT molecular complexity index is 747. The number of aliphatic hydroxyl groups is 1. The molecular formula is C16H18FNO4S. The summed E-state index contributed by atoms with van der Waals surface area (Å²) in [5.74, 6) is 0.953. The van der Waals surface area contributed by atoms with Crippen LogP contribution in [-0.4, -0.2) is 39.1 Å². The molecule has 0 aliphatic rings. The molecule has 0 spiro atoms. The molecule has 0 fully saturated rings. The minimum atomic E-state index is -3.29. The van der Waals surface area contributed by atoms with Gasteiger partial charge in [0.05, 0.1) is 11.0 Å². The summed E-state index contributed by atoms with van der Waals surface area (Å²) < 4.78 is 40.8. The van der Waals surface area contributed by atoms with E-state index in [1.807, 2.05) is 0 Å². The lowest BCUT2D eigenvalue weighted by atomic mass is 10.3. The van der Waals surface area contributed by atoms with Crippen LogP contribution in [-0.2, 0) is 9.84 Å². The maximum Gasteiger partial charge on any atom is 0.175 e. The third-order valence-corrected chi connectivity index (χ3v) is 4.15. The van der Waals surface area contributed by atoms with Crippen LogP contribution in [0.5, 0.6) is 11.5 Å². The van der Waals surface area contributed by atoms with Gasteiger partial charge < -0.3 is 15.2 Å². The van der Waals surface area contributed by atoms with Gasteiger partial charge in [-0.25, -0.2) is 12.8 Å². The van der Waals surface area contributed by atoms with E-state index in [4.69, 9.17) is 9.84 Å². The number of alkyl halides is 1. The topological polar surface area (TPSA) is 75.6 Å². The third-order valence-electron chi connectivity index (χ3n) is 3.04. The first-order chi connectivity index (χ1) is 10.9. The smallest absolute Gasteiger partial charge is 0.175 e. The molecule has 0 aromatic heterocycles. The predicted octanol–water partition coefficient (Wildman–Crippen LogP) is 2.62. The molecular weight excluding hydrogens is 321 g/mol. The Morgan fingerprint density at radius 2 is 1.87 bits per heavy atom. The van der Waals surface area contributed by atoms with E-state index >= 15 is 0 Å². The van der Waals surface area contributed by atoms with Crippen LogP contribution in [0.3, 0.4) is 0 Å². The van der Waals surface area contributed by atoms with Crippen molar-refractivity contribution < 1.29 is 22.7 Å². The minimum Gasteiger partial charge on any atom is -0.457 e. The molecule has 0 saturated carbocycles. The normalized spacial score (nSPS) is 12.7. The highest BCUT2D eigenvalue weighted by Gasteiger charge is 2.08. The maximum absolute atomic E-state index is 12.2. The molecule has 0 radical (unpaired) electrons. The molecule has 5 nitrogen and oxygen atoms in total. The lowest BCUT2D eigenvalue weighted by Crippen LogP contribution is -2.21. The van der Waals surface area contributed by atoms with Crippen LogP contribution >= 0.6 is 0 Å². The van der Waals surface area contributed by atoms with Crippen molar-refractivity contribution in [2.75, 3.05) is 24.8 Å². The largest absolute Gasteiger partial charge is 0.457 e. The zero-order valence-corrected chi connectivity index (χ0v) is 13.4. The predicted molar refractivity (Wildman–Crippen MR) is 86.5 cm³/mol. The van der Waals surface area contributed by atoms with Crippen molar-refractivity contribution in [2.45, 2.75) is 11.0 Å². The van der Waals surface area contributed by atoms with Crippen molar-refractivity contribution >= 4 is 15.5 Å². The number of sulfone groups is 1. The molecule has 124 valence electrons. The van der Waals surface area contributed by atoms with Crippen LogP contribution in [0.15, 0.2) is 53.4 Å². The van der Waals surface area contributed by atoms with Gasteiger partial charge in [-0.3, -0.25) is 0 Å². The lowest BCUT2D eigenvalue weighted by molar-refractivity contribution is 0.151. The molecule has 0 unspecified atom stereocenters. The molecule has 0 saturated heterocycles. The number of hydrogen-bond donors (Lipinski definition) is 2. The average Bonchev–Trinajstić information content (AvgIpc) is 2.53. The highest BCUT2D eigenvalue weighted by atomic mass is 32.2. The third kappa shape index (κ3) is 5.22. The summed E-state index contributed by atoms with van der Waals surface area (Å²) in [6, 6.07) is 13.1. The van der Waals surface area contributed by atoms with E-state index in [-0.39, 0.29) is 11.4 Å². The standard InChI is InChI=1S/C16H18FNO4S/c1-23(20,21)16-4-2-3-15(9-16)22-14-7-5-12(6-8-14)18-11-13(19)10-17/h2-9,13,18-19H,10-11H2,1H3/t13-/m1/s1. The zero-order valence-electron chi connectivity index (χ0n) is 12.6. The van der Waals surface area contributed by atoms with Gasteiger partial charge in [0.15, 0.2) is 9.84 Å². The van der Waals surface area contributed by atoms with Crippen LogP contribution < -0.4 is 10.1 Å². The van der Waals surface area contributed by atoms with E-state index in [9.17, 15) is 12.8 Å². The molecule has 2 aromatic carbocycles. The molecule has 7 heteroatoms. The van der Waals surface area contributed by atoms with E-state index in [1.165, 1.54) is 12.1 Å². The number of halogens is 1. The van der Waals surface area contributed by atoms with Gasteiger partial charge in [-0.1, -0.05) is 6.07 Å². The summed E-state index contributed by atoms with van der Waals surface area (Å²) in [5, 5.41) is 12.0. The Balaban J connectivity index is 2.04. The van der Waals surface area contributed by atoms with Crippen molar-refractivity contribution in [3.63, 3.8) is 0 Å². The van der Waals surface area contributed by atoms with E-state index in [0.29, 0.717) is 11.5 Å². The van der Waals surface area contributed by atoms with E-state index in [2.05, 4.69) is 5.32 Å². The van der Waals surface area contributed by atoms with Gasteiger partial charge >= 0.3 is 0 Å². The quantitative estimate of drug-likeness (QED) is 0.811. The first-order valence-electron chi connectivity index (χ1n) is 6.94. The van der Waals surface area contributed by atoms with Crippen molar-refractivity contribution in [2.24, 2.45) is 0 Å². The van der Waals surface area contributed by atoms with Crippen molar-refractivity contribution in [3.8, 4) is 11.5 Å². The molecule has 0 bridgehead atoms. The molecule has 2 N–H and O–H groups in total. The lowest BCUT2D eigenvalue weighted by Gasteiger charge is -2.11. The number of rotatable bonds is 7.